The molecule has 24 heavy (non-hydrogen) atoms. The fourth-order valence-electron chi connectivity index (χ4n) is 2.47. The van der Waals surface area contributed by atoms with E-state index in [0.29, 0.717) is 12.8 Å². The first kappa shape index (κ1) is 17.7. The van der Waals surface area contributed by atoms with Crippen LogP contribution in [0.1, 0.15) is 34.1 Å². The highest BCUT2D eigenvalue weighted by Crippen LogP contribution is 2.17. The normalized spacial score (nSPS) is 11.9. The highest BCUT2D eigenvalue weighted by Gasteiger charge is 2.13. The molecule has 0 radical (unpaired) electrons. The van der Waals surface area contributed by atoms with Gasteiger partial charge in [-0.3, -0.25) is 9.59 Å². The third kappa shape index (κ3) is 4.66. The maximum absolute atomic E-state index is 11.3. The van der Waals surface area contributed by atoms with Crippen LogP contribution >= 0.6 is 0 Å². The summed E-state index contributed by atoms with van der Waals surface area (Å²) in [5.41, 5.74) is 7.31. The number of carbonyl (C=O) groups is 2. The molecule has 0 saturated carbocycles. The summed E-state index contributed by atoms with van der Waals surface area (Å²) in [6, 6.07) is 7.49. The van der Waals surface area contributed by atoms with Crippen LogP contribution in [0.5, 0.6) is 0 Å². The van der Waals surface area contributed by atoms with Crippen LogP contribution in [0.15, 0.2) is 36.8 Å². The van der Waals surface area contributed by atoms with Crippen molar-refractivity contribution < 1.29 is 19.4 Å². The summed E-state index contributed by atoms with van der Waals surface area (Å²) < 4.78 is 6.36. The van der Waals surface area contributed by atoms with E-state index in [1.165, 1.54) is 19.6 Å². The Bertz CT molecular complexity index is 711. The molecule has 128 valence electrons. The second kappa shape index (κ2) is 8.26. The number of aliphatic hydroxyl groups is 1. The van der Waals surface area contributed by atoms with Crippen molar-refractivity contribution in [2.45, 2.75) is 25.3 Å². The SMILES string of the molecule is COC(=O)Cc1cccc(CCC(CO)n2cnc(C(N)=O)c2)c1. The number of nitrogens with two attached hydrogens (primary N) is 1. The van der Waals surface area contributed by atoms with Crippen LogP contribution in [0.4, 0.5) is 0 Å². The van der Waals surface area contributed by atoms with Gasteiger partial charge in [0, 0.05) is 6.20 Å². The lowest BCUT2D eigenvalue weighted by molar-refractivity contribution is -0.139. The Hall–Kier alpha value is -2.67. The van der Waals surface area contributed by atoms with E-state index >= 15 is 0 Å². The maximum atomic E-state index is 11.3. The molecule has 1 aromatic carbocycles. The largest absolute Gasteiger partial charge is 0.469 e. The Labute approximate surface area is 140 Å². The molecule has 7 heteroatoms. The van der Waals surface area contributed by atoms with Crippen molar-refractivity contribution in [3.63, 3.8) is 0 Å². The fourth-order valence-corrected chi connectivity index (χ4v) is 2.47. The number of esters is 1. The molecule has 0 fully saturated rings. The molecule has 3 N–H and O–H groups in total. The van der Waals surface area contributed by atoms with E-state index in [0.717, 1.165) is 11.1 Å². The third-order valence-electron chi connectivity index (χ3n) is 3.82. The van der Waals surface area contributed by atoms with Crippen LogP contribution in [-0.4, -0.2) is 40.3 Å². The van der Waals surface area contributed by atoms with Crippen molar-refractivity contribution in [1.29, 1.82) is 0 Å². The summed E-state index contributed by atoms with van der Waals surface area (Å²) in [7, 11) is 1.36. The van der Waals surface area contributed by atoms with Crippen molar-refractivity contribution >= 4 is 11.9 Å². The molecule has 0 aliphatic rings. The molecule has 2 rings (SSSR count). The number of ether oxygens (including phenoxy) is 1. The van der Waals surface area contributed by atoms with Crippen molar-refractivity contribution in [1.82, 2.24) is 9.55 Å². The number of benzene rings is 1. The summed E-state index contributed by atoms with van der Waals surface area (Å²) in [6.07, 6.45) is 4.64. The number of aromatic nitrogens is 2. The quantitative estimate of drug-likeness (QED) is 0.698. The lowest BCUT2D eigenvalue weighted by Gasteiger charge is -2.15. The van der Waals surface area contributed by atoms with Gasteiger partial charge in [0.1, 0.15) is 5.69 Å². The highest BCUT2D eigenvalue weighted by molar-refractivity contribution is 5.90. The van der Waals surface area contributed by atoms with Crippen molar-refractivity contribution in [3.8, 4) is 0 Å². The monoisotopic (exact) mass is 331 g/mol. The molecule has 0 aliphatic carbocycles. The van der Waals surface area contributed by atoms with Gasteiger partial charge >= 0.3 is 5.97 Å². The van der Waals surface area contributed by atoms with E-state index in [2.05, 4.69) is 9.72 Å². The molecule has 1 aromatic heterocycles. The molecule has 0 spiro atoms. The minimum atomic E-state index is -0.596. The number of aryl methyl sites for hydroxylation is 1. The molecule has 0 saturated heterocycles. The lowest BCUT2D eigenvalue weighted by atomic mass is 10.0. The van der Waals surface area contributed by atoms with Gasteiger partial charge in [0.05, 0.1) is 32.5 Å². The molecule has 7 nitrogen and oxygen atoms in total. The van der Waals surface area contributed by atoms with Gasteiger partial charge in [0.15, 0.2) is 0 Å². The Morgan fingerprint density at radius 3 is 2.75 bits per heavy atom. The van der Waals surface area contributed by atoms with Crippen LogP contribution in [0.2, 0.25) is 0 Å². The number of hydrogen-bond donors (Lipinski definition) is 2. The topological polar surface area (TPSA) is 107 Å². The summed E-state index contributed by atoms with van der Waals surface area (Å²) >= 11 is 0. The number of methoxy groups -OCH3 is 1. The van der Waals surface area contributed by atoms with Crippen LogP contribution in [-0.2, 0) is 22.4 Å². The van der Waals surface area contributed by atoms with Gasteiger partial charge in [-0.15, -0.1) is 0 Å². The van der Waals surface area contributed by atoms with Gasteiger partial charge in [0.25, 0.3) is 5.91 Å². The molecule has 1 heterocycles. The van der Waals surface area contributed by atoms with Crippen LogP contribution in [0.25, 0.3) is 0 Å². The average molecular weight is 331 g/mol. The number of imidazole rings is 1. The first-order chi connectivity index (χ1) is 11.5. The Morgan fingerprint density at radius 1 is 1.38 bits per heavy atom. The Morgan fingerprint density at radius 2 is 2.12 bits per heavy atom. The first-order valence-corrected chi connectivity index (χ1v) is 7.62. The zero-order chi connectivity index (χ0) is 17.5. The van der Waals surface area contributed by atoms with Crippen LogP contribution in [0, 0.1) is 0 Å². The summed E-state index contributed by atoms with van der Waals surface area (Å²) in [6.45, 7) is -0.0730. The third-order valence-corrected chi connectivity index (χ3v) is 3.82. The minimum absolute atomic E-state index is 0.0730. The van der Waals surface area contributed by atoms with Gasteiger partial charge in [-0.2, -0.15) is 0 Å². The van der Waals surface area contributed by atoms with Crippen molar-refractivity contribution in [2.24, 2.45) is 5.73 Å². The molecular formula is C17H21N3O4. The van der Waals surface area contributed by atoms with Crippen molar-refractivity contribution in [2.75, 3.05) is 13.7 Å². The Kier molecular flexibility index (Phi) is 6.08. The maximum Gasteiger partial charge on any atom is 0.309 e. The van der Waals surface area contributed by atoms with Gasteiger partial charge in [-0.05, 0) is 24.0 Å². The number of amides is 1. The smallest absolute Gasteiger partial charge is 0.309 e. The summed E-state index contributed by atoms with van der Waals surface area (Å²) in [5, 5.41) is 9.58. The highest BCUT2D eigenvalue weighted by atomic mass is 16.5. The number of hydrogen-bond acceptors (Lipinski definition) is 5. The number of carbonyl (C=O) groups excluding carboxylic acids is 2. The predicted molar refractivity (Wildman–Crippen MR) is 87.4 cm³/mol. The number of rotatable bonds is 8. The van der Waals surface area contributed by atoms with E-state index in [4.69, 9.17) is 5.73 Å². The van der Waals surface area contributed by atoms with E-state index < -0.39 is 5.91 Å². The van der Waals surface area contributed by atoms with Gasteiger partial charge in [-0.1, -0.05) is 24.3 Å². The van der Waals surface area contributed by atoms with E-state index in [-0.39, 0.29) is 30.7 Å². The molecule has 1 unspecified atom stereocenters. The zero-order valence-electron chi connectivity index (χ0n) is 13.5. The zero-order valence-corrected chi connectivity index (χ0v) is 13.5. The fraction of sp³-hybridized carbons (Fsp3) is 0.353. The number of nitrogens with zero attached hydrogens (tertiary/aromatic N) is 2. The molecule has 2 aromatic rings. The first-order valence-electron chi connectivity index (χ1n) is 7.62. The van der Waals surface area contributed by atoms with E-state index in [1.54, 1.807) is 4.57 Å². The van der Waals surface area contributed by atoms with Gasteiger partial charge in [0.2, 0.25) is 0 Å². The second-order valence-corrected chi connectivity index (χ2v) is 5.52. The molecule has 1 amide bonds. The summed E-state index contributed by atoms with van der Waals surface area (Å²) in [4.78, 5) is 26.4. The van der Waals surface area contributed by atoms with Crippen molar-refractivity contribution in [3.05, 3.63) is 53.6 Å². The number of aliphatic hydroxyl groups excluding tert-OH is 1. The lowest BCUT2D eigenvalue weighted by Crippen LogP contribution is -2.14. The Balaban J connectivity index is 2.01. The van der Waals surface area contributed by atoms with E-state index in [9.17, 15) is 14.7 Å². The van der Waals surface area contributed by atoms with Crippen LogP contribution in [0.3, 0.4) is 0 Å². The molecule has 0 bridgehead atoms. The predicted octanol–water partition coefficient (Wildman–Crippen LogP) is 0.864. The molecular weight excluding hydrogens is 310 g/mol. The standard InChI is InChI=1S/C17H21N3O4/c1-24-16(22)8-13-4-2-3-12(7-13)5-6-14(10-21)20-9-15(17(18)23)19-11-20/h2-4,7,9,11,14,21H,5-6,8,10H2,1H3,(H2,18,23). The minimum Gasteiger partial charge on any atom is -0.469 e. The average Bonchev–Trinajstić information content (AvgIpc) is 3.06. The molecule has 1 atom stereocenters. The van der Waals surface area contributed by atoms with Gasteiger partial charge < -0.3 is 20.1 Å². The van der Waals surface area contributed by atoms with Gasteiger partial charge in [-0.25, -0.2) is 4.98 Å². The second-order valence-electron chi connectivity index (χ2n) is 5.52. The summed E-state index contributed by atoms with van der Waals surface area (Å²) in [5.74, 6) is -0.876. The molecule has 0 aliphatic heterocycles. The van der Waals surface area contributed by atoms with Crippen LogP contribution < -0.4 is 5.73 Å². The number of primary amides is 1. The van der Waals surface area contributed by atoms with E-state index in [1.807, 2.05) is 24.3 Å².